The summed E-state index contributed by atoms with van der Waals surface area (Å²) in [6.07, 6.45) is 0. The highest BCUT2D eigenvalue weighted by Gasteiger charge is 2.19. The number of benzene rings is 2. The highest BCUT2D eigenvalue weighted by atomic mass is 15.0. The van der Waals surface area contributed by atoms with Crippen LogP contribution >= 0.6 is 0 Å². The SMILES string of the molecule is C=C(Cn1c(=C)c2ccccc2c1=C)N/C(=C(\C)C(C)(C)C)c1ccc(C)cc1. The van der Waals surface area contributed by atoms with Crippen LogP contribution in [0.25, 0.3) is 29.6 Å². The van der Waals surface area contributed by atoms with Crippen molar-refractivity contribution in [1.82, 2.24) is 9.88 Å². The van der Waals surface area contributed by atoms with Gasteiger partial charge in [0.05, 0.1) is 6.54 Å². The molecule has 1 aromatic heterocycles. The lowest BCUT2D eigenvalue weighted by molar-refractivity contribution is 0.503. The molecule has 2 nitrogen and oxygen atoms in total. The molecule has 0 aliphatic heterocycles. The number of aromatic nitrogens is 1. The smallest absolute Gasteiger partial charge is 0.0626 e. The van der Waals surface area contributed by atoms with Crippen LogP contribution < -0.4 is 16.0 Å². The lowest BCUT2D eigenvalue weighted by atomic mass is 9.84. The average molecular weight is 385 g/mol. The van der Waals surface area contributed by atoms with Gasteiger partial charge in [-0.3, -0.25) is 0 Å². The monoisotopic (exact) mass is 384 g/mol. The molecule has 0 bridgehead atoms. The van der Waals surface area contributed by atoms with Gasteiger partial charge in [-0.25, -0.2) is 0 Å². The molecule has 0 saturated carbocycles. The Balaban J connectivity index is 1.97. The Kier molecular flexibility index (Phi) is 5.57. The maximum atomic E-state index is 4.33. The predicted molar refractivity (Wildman–Crippen MR) is 128 cm³/mol. The summed E-state index contributed by atoms with van der Waals surface area (Å²) < 4.78 is 2.14. The summed E-state index contributed by atoms with van der Waals surface area (Å²) in [5, 5.41) is 7.85. The van der Waals surface area contributed by atoms with Crippen LogP contribution in [0.4, 0.5) is 0 Å². The van der Waals surface area contributed by atoms with Crippen LogP contribution in [-0.2, 0) is 6.54 Å². The summed E-state index contributed by atoms with van der Waals surface area (Å²) in [5.41, 5.74) is 5.80. The standard InChI is InChI=1S/C27H32N2/c1-18-13-15-23(16-14-18)26(20(3)27(6,7)8)28-19(2)17-29-21(4)24-11-9-10-12-25(24)22(29)5/h9-16,28H,2,4-5,17H2,1,3,6-8H3/b26-20+. The third kappa shape index (κ3) is 4.22. The third-order valence-electron chi connectivity index (χ3n) is 5.69. The molecular weight excluding hydrogens is 352 g/mol. The normalized spacial score (nSPS) is 12.7. The average Bonchev–Trinajstić information content (AvgIpc) is 2.91. The van der Waals surface area contributed by atoms with Crippen molar-refractivity contribution in [2.45, 2.75) is 41.2 Å². The topological polar surface area (TPSA) is 17.0 Å². The fourth-order valence-corrected chi connectivity index (χ4v) is 3.52. The number of allylic oxidation sites excluding steroid dienone is 2. The van der Waals surface area contributed by atoms with Crippen molar-refractivity contribution in [2.75, 3.05) is 0 Å². The molecule has 2 aromatic carbocycles. The first-order chi connectivity index (χ1) is 13.6. The molecule has 0 radical (unpaired) electrons. The van der Waals surface area contributed by atoms with Crippen LogP contribution in [-0.4, -0.2) is 4.57 Å². The van der Waals surface area contributed by atoms with Gasteiger partial charge in [0.25, 0.3) is 0 Å². The second kappa shape index (κ2) is 7.79. The highest BCUT2D eigenvalue weighted by molar-refractivity contribution is 5.83. The molecule has 0 aliphatic rings. The van der Waals surface area contributed by atoms with Gasteiger partial charge in [-0.2, -0.15) is 0 Å². The highest BCUT2D eigenvalue weighted by Crippen LogP contribution is 2.31. The van der Waals surface area contributed by atoms with Gasteiger partial charge in [-0.05, 0) is 30.4 Å². The molecule has 0 unspecified atom stereocenters. The zero-order valence-electron chi connectivity index (χ0n) is 18.4. The maximum absolute atomic E-state index is 4.33. The van der Waals surface area contributed by atoms with Gasteiger partial charge in [-0.1, -0.05) is 94.6 Å². The van der Waals surface area contributed by atoms with Crippen LogP contribution in [0.3, 0.4) is 0 Å². The van der Waals surface area contributed by atoms with Crippen LogP contribution in [0, 0.1) is 12.3 Å². The van der Waals surface area contributed by atoms with Gasteiger partial charge in [0.2, 0.25) is 0 Å². The minimum atomic E-state index is 0.0462. The minimum Gasteiger partial charge on any atom is -0.357 e. The molecule has 0 atom stereocenters. The number of fused-ring (bicyclic) bond motifs is 1. The summed E-state index contributed by atoms with van der Waals surface area (Å²) in [5.74, 6) is 0. The zero-order valence-corrected chi connectivity index (χ0v) is 18.4. The largest absolute Gasteiger partial charge is 0.357 e. The molecule has 3 rings (SSSR count). The lowest BCUT2D eigenvalue weighted by Crippen LogP contribution is -2.29. The first-order valence-electron chi connectivity index (χ1n) is 10.1. The molecular formula is C27H32N2. The van der Waals surface area contributed by atoms with Crippen molar-refractivity contribution in [3.05, 3.63) is 88.2 Å². The molecule has 0 aliphatic carbocycles. The van der Waals surface area contributed by atoms with Crippen LogP contribution in [0.5, 0.6) is 0 Å². The van der Waals surface area contributed by atoms with Crippen LogP contribution in [0.2, 0.25) is 0 Å². The van der Waals surface area contributed by atoms with Gasteiger partial charge < -0.3 is 9.88 Å². The molecule has 0 spiro atoms. The van der Waals surface area contributed by atoms with Crippen LogP contribution in [0.1, 0.15) is 38.8 Å². The maximum Gasteiger partial charge on any atom is 0.0626 e. The van der Waals surface area contributed by atoms with Crippen LogP contribution in [0.15, 0.2) is 66.4 Å². The Morgan fingerprint density at radius 3 is 1.93 bits per heavy atom. The molecule has 3 aromatic rings. The molecule has 1 heterocycles. The van der Waals surface area contributed by atoms with E-state index in [1.807, 2.05) is 12.1 Å². The van der Waals surface area contributed by atoms with Crippen molar-refractivity contribution in [3.8, 4) is 0 Å². The van der Waals surface area contributed by atoms with Crippen molar-refractivity contribution in [2.24, 2.45) is 5.41 Å². The van der Waals surface area contributed by atoms with E-state index in [-0.39, 0.29) is 5.41 Å². The van der Waals surface area contributed by atoms with Gasteiger partial charge in [0, 0.05) is 32.9 Å². The van der Waals surface area contributed by atoms with E-state index in [0.717, 1.165) is 32.9 Å². The van der Waals surface area contributed by atoms with E-state index in [4.69, 9.17) is 0 Å². The van der Waals surface area contributed by atoms with E-state index in [9.17, 15) is 0 Å². The molecule has 150 valence electrons. The van der Waals surface area contributed by atoms with E-state index < -0.39 is 0 Å². The number of rotatable bonds is 5. The van der Waals surface area contributed by atoms with E-state index >= 15 is 0 Å². The van der Waals surface area contributed by atoms with Crippen molar-refractivity contribution in [3.63, 3.8) is 0 Å². The van der Waals surface area contributed by atoms with E-state index in [2.05, 4.69) is 101 Å². The fourth-order valence-electron chi connectivity index (χ4n) is 3.52. The summed E-state index contributed by atoms with van der Waals surface area (Å²) >= 11 is 0. The number of nitrogens with one attached hydrogen (secondary N) is 1. The Morgan fingerprint density at radius 1 is 0.931 bits per heavy atom. The predicted octanol–water partition coefficient (Wildman–Crippen LogP) is 5.35. The molecule has 0 fully saturated rings. The molecule has 0 amide bonds. The van der Waals surface area contributed by atoms with Crippen molar-refractivity contribution < 1.29 is 0 Å². The quantitative estimate of drug-likeness (QED) is 0.627. The summed E-state index contributed by atoms with van der Waals surface area (Å²) in [6.45, 7) is 24.5. The first-order valence-corrected chi connectivity index (χ1v) is 10.1. The Labute approximate surface area is 174 Å². The minimum absolute atomic E-state index is 0.0462. The number of hydrogen-bond acceptors (Lipinski definition) is 1. The molecule has 2 heteroatoms. The van der Waals surface area contributed by atoms with E-state index in [0.29, 0.717) is 6.54 Å². The van der Waals surface area contributed by atoms with Gasteiger partial charge in [0.15, 0.2) is 0 Å². The Morgan fingerprint density at radius 2 is 1.45 bits per heavy atom. The Bertz CT molecular complexity index is 1140. The van der Waals surface area contributed by atoms with Crippen molar-refractivity contribution in [1.29, 1.82) is 0 Å². The molecule has 0 saturated heterocycles. The Hall–Kier alpha value is -3.00. The van der Waals surface area contributed by atoms with E-state index in [1.54, 1.807) is 0 Å². The lowest BCUT2D eigenvalue weighted by Gasteiger charge is -2.26. The van der Waals surface area contributed by atoms with Crippen molar-refractivity contribution >= 4 is 29.6 Å². The van der Waals surface area contributed by atoms with Gasteiger partial charge in [0.1, 0.15) is 0 Å². The second-order valence-corrected chi connectivity index (χ2v) is 8.87. The molecule has 29 heavy (non-hydrogen) atoms. The first kappa shape index (κ1) is 20.7. The summed E-state index contributed by atoms with van der Waals surface area (Å²) in [7, 11) is 0. The second-order valence-electron chi connectivity index (χ2n) is 8.87. The van der Waals surface area contributed by atoms with Gasteiger partial charge >= 0.3 is 0 Å². The number of nitrogens with zero attached hydrogens (tertiary/aromatic N) is 1. The number of hydrogen-bond donors (Lipinski definition) is 1. The van der Waals surface area contributed by atoms with Gasteiger partial charge in [-0.15, -0.1) is 0 Å². The summed E-state index contributed by atoms with van der Waals surface area (Å²) in [6, 6.07) is 16.9. The zero-order chi connectivity index (χ0) is 21.3. The fraction of sp³-hybridized carbons (Fsp3) is 0.259. The van der Waals surface area contributed by atoms with E-state index in [1.165, 1.54) is 16.7 Å². The number of aryl methyl sites for hydroxylation is 1. The molecule has 1 N–H and O–H groups in total. The summed E-state index contributed by atoms with van der Waals surface area (Å²) in [4.78, 5) is 0. The third-order valence-corrected chi connectivity index (χ3v) is 5.69.